The fraction of sp³-hybridized carbons (Fsp3) is 0.167. The Hall–Kier alpha value is -3.36. The second-order valence-electron chi connectivity index (χ2n) is 5.60. The van der Waals surface area contributed by atoms with Gasteiger partial charge in [-0.3, -0.25) is 9.59 Å². The van der Waals surface area contributed by atoms with Crippen LogP contribution >= 0.6 is 0 Å². The molecule has 0 saturated carbocycles. The Morgan fingerprint density at radius 3 is 2.19 bits per heavy atom. The minimum atomic E-state index is -4.96. The number of amides is 2. The maximum Gasteiger partial charge on any atom is 0.471 e. The quantitative estimate of drug-likeness (QED) is 0.551. The van der Waals surface area contributed by atoms with Gasteiger partial charge in [-0.2, -0.15) is 18.3 Å². The van der Waals surface area contributed by atoms with Crippen molar-refractivity contribution in [1.29, 1.82) is 0 Å². The highest BCUT2D eigenvalue weighted by atomic mass is 19.4. The van der Waals surface area contributed by atoms with Gasteiger partial charge in [0.15, 0.2) is 0 Å². The zero-order valence-electron chi connectivity index (χ0n) is 14.2. The maximum absolute atomic E-state index is 12.2. The van der Waals surface area contributed by atoms with Gasteiger partial charge >= 0.3 is 12.1 Å². The minimum Gasteiger partial charge on any atom is -0.508 e. The number of phenols is 1. The van der Waals surface area contributed by atoms with Gasteiger partial charge in [0.2, 0.25) is 5.91 Å². The van der Waals surface area contributed by atoms with Crippen molar-refractivity contribution in [3.05, 3.63) is 59.7 Å². The van der Waals surface area contributed by atoms with Crippen LogP contribution in [0.25, 0.3) is 0 Å². The fourth-order valence-electron chi connectivity index (χ4n) is 2.05. The zero-order chi connectivity index (χ0) is 20.0. The molecule has 0 aromatic heterocycles. The molecule has 0 saturated heterocycles. The van der Waals surface area contributed by atoms with Gasteiger partial charge in [-0.05, 0) is 42.3 Å². The standard InChI is InChI=1S/C18H16F3N3O3/c1-11(23-24-16(26)10-12-2-8-15(25)9-3-12)13-4-6-14(7-5-13)22-17(27)18(19,20)21/h2-9,25H,10H2,1H3,(H,22,27)(H,24,26). The van der Waals surface area contributed by atoms with Crippen LogP contribution in [-0.2, 0) is 16.0 Å². The summed E-state index contributed by atoms with van der Waals surface area (Å²) >= 11 is 0. The number of carbonyl (C=O) groups is 2. The lowest BCUT2D eigenvalue weighted by Gasteiger charge is -2.08. The van der Waals surface area contributed by atoms with E-state index in [1.807, 2.05) is 0 Å². The van der Waals surface area contributed by atoms with Crippen molar-refractivity contribution in [3.8, 4) is 5.75 Å². The molecule has 0 spiro atoms. The summed E-state index contributed by atoms with van der Waals surface area (Å²) in [6.45, 7) is 1.62. The summed E-state index contributed by atoms with van der Waals surface area (Å²) in [6, 6.07) is 11.7. The second-order valence-corrected chi connectivity index (χ2v) is 5.60. The highest BCUT2D eigenvalue weighted by Crippen LogP contribution is 2.18. The average molecular weight is 379 g/mol. The Bertz CT molecular complexity index is 845. The Labute approximate surface area is 152 Å². The largest absolute Gasteiger partial charge is 0.508 e. The fourth-order valence-corrected chi connectivity index (χ4v) is 2.05. The molecule has 2 rings (SSSR count). The topological polar surface area (TPSA) is 90.8 Å². The van der Waals surface area contributed by atoms with Gasteiger partial charge in [-0.1, -0.05) is 24.3 Å². The first-order valence-electron chi connectivity index (χ1n) is 7.75. The lowest BCUT2D eigenvalue weighted by atomic mass is 10.1. The second kappa shape index (κ2) is 8.35. The van der Waals surface area contributed by atoms with Gasteiger partial charge in [0.1, 0.15) is 5.75 Å². The number of carbonyl (C=O) groups excluding carboxylic acids is 2. The smallest absolute Gasteiger partial charge is 0.471 e. The maximum atomic E-state index is 12.2. The molecule has 0 aliphatic carbocycles. The van der Waals surface area contributed by atoms with E-state index in [4.69, 9.17) is 0 Å². The third-order valence-electron chi connectivity index (χ3n) is 3.47. The molecule has 9 heteroatoms. The van der Waals surface area contributed by atoms with E-state index in [1.54, 1.807) is 24.4 Å². The van der Waals surface area contributed by atoms with E-state index in [-0.39, 0.29) is 23.8 Å². The van der Waals surface area contributed by atoms with Crippen molar-refractivity contribution in [2.24, 2.45) is 5.10 Å². The summed E-state index contributed by atoms with van der Waals surface area (Å²) in [7, 11) is 0. The number of nitrogens with zero attached hydrogens (tertiary/aromatic N) is 1. The van der Waals surface area contributed by atoms with Gasteiger partial charge < -0.3 is 10.4 Å². The van der Waals surface area contributed by atoms with Gasteiger partial charge in [0.05, 0.1) is 12.1 Å². The first kappa shape index (κ1) is 20.0. The molecule has 0 radical (unpaired) electrons. The molecule has 2 aromatic carbocycles. The predicted octanol–water partition coefficient (Wildman–Crippen LogP) is 2.98. The van der Waals surface area contributed by atoms with Gasteiger partial charge in [-0.15, -0.1) is 0 Å². The normalized spacial score (nSPS) is 11.8. The molecular formula is C18H16F3N3O3. The number of hydrogen-bond acceptors (Lipinski definition) is 4. The van der Waals surface area contributed by atoms with Crippen molar-refractivity contribution in [3.63, 3.8) is 0 Å². The molecule has 0 aliphatic rings. The number of hydrazone groups is 1. The summed E-state index contributed by atoms with van der Waals surface area (Å²) in [4.78, 5) is 22.7. The molecule has 2 aromatic rings. The van der Waals surface area contributed by atoms with Crippen LogP contribution in [0.2, 0.25) is 0 Å². The predicted molar refractivity (Wildman–Crippen MR) is 93.3 cm³/mol. The van der Waals surface area contributed by atoms with Crippen molar-refractivity contribution in [2.75, 3.05) is 5.32 Å². The minimum absolute atomic E-state index is 0.00904. The Balaban J connectivity index is 1.94. The molecular weight excluding hydrogens is 363 g/mol. The summed E-state index contributed by atoms with van der Waals surface area (Å²) in [6.07, 6.45) is -4.89. The van der Waals surface area contributed by atoms with E-state index >= 15 is 0 Å². The van der Waals surface area contributed by atoms with Crippen molar-refractivity contribution < 1.29 is 27.9 Å². The third kappa shape index (κ3) is 6.14. The molecule has 27 heavy (non-hydrogen) atoms. The van der Waals surface area contributed by atoms with Crippen molar-refractivity contribution in [1.82, 2.24) is 5.43 Å². The summed E-state index contributed by atoms with van der Waals surface area (Å²) in [5.41, 5.74) is 4.06. The number of benzene rings is 2. The number of phenolic OH excluding ortho intramolecular Hbond substituents is 1. The average Bonchev–Trinajstić information content (AvgIpc) is 2.61. The molecule has 0 bridgehead atoms. The van der Waals surface area contributed by atoms with Crippen molar-refractivity contribution >= 4 is 23.2 Å². The van der Waals surface area contributed by atoms with Crippen LogP contribution in [-0.4, -0.2) is 28.8 Å². The Morgan fingerprint density at radius 2 is 1.63 bits per heavy atom. The van der Waals surface area contributed by atoms with E-state index < -0.39 is 12.1 Å². The van der Waals surface area contributed by atoms with Crippen molar-refractivity contribution in [2.45, 2.75) is 19.5 Å². The lowest BCUT2D eigenvalue weighted by Crippen LogP contribution is -2.29. The molecule has 0 heterocycles. The van der Waals surface area contributed by atoms with E-state index in [0.717, 1.165) is 0 Å². The first-order chi connectivity index (χ1) is 12.6. The Morgan fingerprint density at radius 1 is 1.04 bits per heavy atom. The number of nitrogens with one attached hydrogen (secondary N) is 2. The van der Waals surface area contributed by atoms with E-state index in [1.165, 1.54) is 36.4 Å². The number of halogens is 3. The van der Waals surface area contributed by atoms with Gasteiger partial charge in [-0.25, -0.2) is 5.43 Å². The van der Waals surface area contributed by atoms with Crippen LogP contribution in [0.15, 0.2) is 53.6 Å². The van der Waals surface area contributed by atoms with E-state index in [9.17, 15) is 27.9 Å². The number of aromatic hydroxyl groups is 1. The van der Waals surface area contributed by atoms with E-state index in [2.05, 4.69) is 10.5 Å². The summed E-state index contributed by atoms with van der Waals surface area (Å²) < 4.78 is 36.6. The molecule has 142 valence electrons. The highest BCUT2D eigenvalue weighted by molar-refractivity contribution is 6.00. The first-order valence-corrected chi connectivity index (χ1v) is 7.75. The van der Waals surface area contributed by atoms with Gasteiger partial charge in [0, 0.05) is 5.69 Å². The molecule has 3 N–H and O–H groups in total. The van der Waals surface area contributed by atoms with E-state index in [0.29, 0.717) is 16.8 Å². The van der Waals surface area contributed by atoms with Crippen LogP contribution in [0, 0.1) is 0 Å². The van der Waals surface area contributed by atoms with Crippen LogP contribution < -0.4 is 10.7 Å². The Kier molecular flexibility index (Phi) is 6.17. The van der Waals surface area contributed by atoms with Crippen LogP contribution in [0.1, 0.15) is 18.1 Å². The molecule has 6 nitrogen and oxygen atoms in total. The lowest BCUT2D eigenvalue weighted by molar-refractivity contribution is -0.167. The molecule has 0 aliphatic heterocycles. The SMILES string of the molecule is CC(=NNC(=O)Cc1ccc(O)cc1)c1ccc(NC(=O)C(F)(F)F)cc1. The summed E-state index contributed by atoms with van der Waals surface area (Å²) in [5.74, 6) is -2.32. The zero-order valence-corrected chi connectivity index (χ0v) is 14.2. The molecule has 2 amide bonds. The summed E-state index contributed by atoms with van der Waals surface area (Å²) in [5, 5.41) is 14.9. The van der Waals surface area contributed by atoms with Gasteiger partial charge in [0.25, 0.3) is 0 Å². The third-order valence-corrected chi connectivity index (χ3v) is 3.47. The molecule has 0 atom stereocenters. The number of anilines is 1. The number of rotatable bonds is 5. The number of hydrogen-bond donors (Lipinski definition) is 3. The van der Waals surface area contributed by atoms with Crippen LogP contribution in [0.5, 0.6) is 5.75 Å². The highest BCUT2D eigenvalue weighted by Gasteiger charge is 2.38. The molecule has 0 unspecified atom stereocenters. The molecule has 0 fully saturated rings. The number of alkyl halides is 3. The monoisotopic (exact) mass is 379 g/mol. The van der Waals surface area contributed by atoms with Crippen LogP contribution in [0.3, 0.4) is 0 Å². The van der Waals surface area contributed by atoms with Crippen LogP contribution in [0.4, 0.5) is 18.9 Å².